The van der Waals surface area contributed by atoms with Gasteiger partial charge in [0.1, 0.15) is 0 Å². The van der Waals surface area contributed by atoms with E-state index in [0.717, 1.165) is 57.8 Å². The van der Waals surface area contributed by atoms with Gasteiger partial charge in [-0.15, -0.1) is 0 Å². The number of nitrogens with one attached hydrogen (secondary N) is 1. The van der Waals surface area contributed by atoms with Crippen molar-refractivity contribution in [3.63, 3.8) is 0 Å². The lowest BCUT2D eigenvalue weighted by atomic mass is 10.0. The highest BCUT2D eigenvalue weighted by Crippen LogP contribution is 2.18. The first kappa shape index (κ1) is 71.3. The largest absolute Gasteiger partial charge is 0.466 e. The van der Waals surface area contributed by atoms with Gasteiger partial charge in [0.15, 0.2) is 0 Å². The molecule has 6 heteroatoms. The Morgan fingerprint density at radius 1 is 0.370 bits per heavy atom. The molecule has 0 aromatic carbocycles. The third-order valence-corrected chi connectivity index (χ3v) is 15.5. The number of amides is 1. The van der Waals surface area contributed by atoms with E-state index in [0.29, 0.717) is 19.4 Å². The van der Waals surface area contributed by atoms with E-state index in [1.54, 1.807) is 6.08 Å². The van der Waals surface area contributed by atoms with Crippen molar-refractivity contribution in [2.75, 3.05) is 13.2 Å². The summed E-state index contributed by atoms with van der Waals surface area (Å²) in [5.74, 6) is -0.0802. The number of hydrogen-bond donors (Lipinski definition) is 3. The molecule has 0 aliphatic heterocycles. The summed E-state index contributed by atoms with van der Waals surface area (Å²) >= 11 is 0. The second kappa shape index (κ2) is 62.9. The second-order valence-electron chi connectivity index (χ2n) is 22.8. The van der Waals surface area contributed by atoms with Crippen molar-refractivity contribution < 1.29 is 24.5 Å². The van der Waals surface area contributed by atoms with Crippen LogP contribution < -0.4 is 5.32 Å². The molecule has 0 heterocycles. The number of unbranched alkanes of at least 4 members (excludes halogenated alkanes) is 49. The summed E-state index contributed by atoms with van der Waals surface area (Å²) in [5.41, 5.74) is 0. The van der Waals surface area contributed by atoms with Crippen LogP contribution in [-0.2, 0) is 14.3 Å². The minimum atomic E-state index is -0.853. The lowest BCUT2D eigenvalue weighted by molar-refractivity contribution is -0.143. The minimum Gasteiger partial charge on any atom is -0.466 e. The van der Waals surface area contributed by atoms with E-state index in [2.05, 4.69) is 31.3 Å². The third-order valence-electron chi connectivity index (χ3n) is 15.5. The monoisotopic (exact) mass is 1030 g/mol. The van der Waals surface area contributed by atoms with Gasteiger partial charge in [-0.25, -0.2) is 0 Å². The molecule has 73 heavy (non-hydrogen) atoms. The van der Waals surface area contributed by atoms with E-state index in [-0.39, 0.29) is 18.5 Å². The van der Waals surface area contributed by atoms with Crippen LogP contribution in [0.15, 0.2) is 24.3 Å². The Hall–Kier alpha value is -1.66. The normalized spacial score (nSPS) is 12.7. The molecular weight excluding hydrogens is 899 g/mol. The summed E-state index contributed by atoms with van der Waals surface area (Å²) in [6.45, 7) is 4.91. The first-order valence-electron chi connectivity index (χ1n) is 33.1. The van der Waals surface area contributed by atoms with Crippen LogP contribution in [0.5, 0.6) is 0 Å². The molecule has 6 nitrogen and oxygen atoms in total. The van der Waals surface area contributed by atoms with Gasteiger partial charge in [0.2, 0.25) is 5.91 Å². The highest BCUT2D eigenvalue weighted by Gasteiger charge is 2.18. The Morgan fingerprint density at radius 2 is 0.644 bits per heavy atom. The van der Waals surface area contributed by atoms with E-state index < -0.39 is 12.1 Å². The Kier molecular flexibility index (Phi) is 61.4. The number of esters is 1. The number of carbonyl (C=O) groups is 2. The minimum absolute atomic E-state index is 0.00567. The van der Waals surface area contributed by atoms with Gasteiger partial charge < -0.3 is 20.3 Å². The van der Waals surface area contributed by atoms with Gasteiger partial charge in [-0.3, -0.25) is 9.59 Å². The summed E-state index contributed by atoms with van der Waals surface area (Å²) in [6, 6.07) is -0.637. The predicted molar refractivity (Wildman–Crippen MR) is 320 cm³/mol. The maximum absolute atomic E-state index is 12.5. The molecule has 0 aromatic rings. The summed E-state index contributed by atoms with van der Waals surface area (Å²) in [6.07, 6.45) is 78.0. The molecule has 0 aliphatic rings. The molecule has 3 N–H and O–H groups in total. The molecule has 0 saturated carbocycles. The van der Waals surface area contributed by atoms with Crippen molar-refractivity contribution in [3.05, 3.63) is 24.3 Å². The van der Waals surface area contributed by atoms with Crippen molar-refractivity contribution in [3.8, 4) is 0 Å². The molecule has 0 fully saturated rings. The fourth-order valence-electron chi connectivity index (χ4n) is 10.4. The van der Waals surface area contributed by atoms with Crippen LogP contribution >= 0.6 is 0 Å². The zero-order valence-corrected chi connectivity index (χ0v) is 49.4. The van der Waals surface area contributed by atoms with Gasteiger partial charge >= 0.3 is 5.97 Å². The Morgan fingerprint density at radius 3 is 0.973 bits per heavy atom. The average Bonchev–Trinajstić information content (AvgIpc) is 3.39. The summed E-state index contributed by atoms with van der Waals surface area (Å²) < 4.78 is 5.49. The van der Waals surface area contributed by atoms with E-state index >= 15 is 0 Å². The zero-order valence-electron chi connectivity index (χ0n) is 49.4. The number of hydrogen-bond acceptors (Lipinski definition) is 5. The average molecular weight is 1030 g/mol. The van der Waals surface area contributed by atoms with Crippen LogP contribution in [-0.4, -0.2) is 47.4 Å². The molecule has 0 rings (SSSR count). The van der Waals surface area contributed by atoms with Crippen LogP contribution in [0.3, 0.4) is 0 Å². The van der Waals surface area contributed by atoms with Crippen LogP contribution in [0.25, 0.3) is 0 Å². The maximum atomic E-state index is 12.5. The van der Waals surface area contributed by atoms with Gasteiger partial charge in [0.05, 0.1) is 25.4 Å². The molecule has 0 bridgehead atoms. The van der Waals surface area contributed by atoms with Crippen LogP contribution in [0, 0.1) is 0 Å². The summed E-state index contributed by atoms with van der Waals surface area (Å²) in [7, 11) is 0. The molecule has 2 unspecified atom stereocenters. The van der Waals surface area contributed by atoms with Crippen LogP contribution in [0.4, 0.5) is 0 Å². The molecular formula is C67H129NO5. The highest BCUT2D eigenvalue weighted by molar-refractivity contribution is 5.76. The molecule has 0 aliphatic carbocycles. The van der Waals surface area contributed by atoms with Gasteiger partial charge in [0.25, 0.3) is 0 Å². The van der Waals surface area contributed by atoms with E-state index in [1.807, 2.05) is 6.08 Å². The molecule has 0 saturated heterocycles. The fraction of sp³-hybridized carbons (Fsp3) is 0.910. The van der Waals surface area contributed by atoms with Gasteiger partial charge in [-0.2, -0.15) is 0 Å². The van der Waals surface area contributed by atoms with Crippen LogP contribution in [0.2, 0.25) is 0 Å². The first-order valence-corrected chi connectivity index (χ1v) is 33.1. The number of aliphatic hydroxyl groups excluding tert-OH is 2. The lowest BCUT2D eigenvalue weighted by Gasteiger charge is -2.20. The van der Waals surface area contributed by atoms with Crippen molar-refractivity contribution in [1.82, 2.24) is 5.32 Å². The van der Waals surface area contributed by atoms with Crippen molar-refractivity contribution in [2.45, 2.75) is 379 Å². The van der Waals surface area contributed by atoms with Gasteiger partial charge in [-0.1, -0.05) is 321 Å². The Bertz CT molecular complexity index is 1140. The number of ether oxygens (including phenoxy) is 1. The first-order chi connectivity index (χ1) is 36.0. The lowest BCUT2D eigenvalue weighted by Crippen LogP contribution is -2.45. The van der Waals surface area contributed by atoms with E-state index in [4.69, 9.17) is 4.74 Å². The molecule has 0 radical (unpaired) electrons. The van der Waals surface area contributed by atoms with E-state index in [9.17, 15) is 19.8 Å². The molecule has 1 amide bonds. The van der Waals surface area contributed by atoms with E-state index in [1.165, 1.54) is 283 Å². The quantitative estimate of drug-likeness (QED) is 0.0320. The highest BCUT2D eigenvalue weighted by atomic mass is 16.5. The maximum Gasteiger partial charge on any atom is 0.305 e. The molecule has 0 aromatic heterocycles. The number of allylic oxidation sites excluding steroid dienone is 3. The standard InChI is InChI=1S/C67H129NO5/c1-3-5-7-9-11-13-15-17-19-21-22-23-24-25-26-27-28-30-31-35-39-43-47-51-55-59-65(70)64(63-69)68-66(71)60-56-52-48-44-40-36-33-34-38-42-46-50-54-58-62-73-67(72)61-57-53-49-45-41-37-32-29-20-18-16-14-12-10-8-6-4-2/h18,20,55,59,64-65,69-70H,3-17,19,21-54,56-58,60-63H2,1-2H3,(H,68,71)/b20-18-,59-55+. The number of carbonyl (C=O) groups excluding carboxylic acids is 2. The summed E-state index contributed by atoms with van der Waals surface area (Å²) in [4.78, 5) is 24.6. The number of rotatable bonds is 62. The summed E-state index contributed by atoms with van der Waals surface area (Å²) in [5, 5.41) is 23.2. The van der Waals surface area contributed by atoms with Gasteiger partial charge in [-0.05, 0) is 57.8 Å². The Balaban J connectivity index is 3.45. The zero-order chi connectivity index (χ0) is 52.9. The van der Waals surface area contributed by atoms with Gasteiger partial charge in [0, 0.05) is 12.8 Å². The second-order valence-corrected chi connectivity index (χ2v) is 22.8. The van der Waals surface area contributed by atoms with Crippen LogP contribution in [0.1, 0.15) is 367 Å². The van der Waals surface area contributed by atoms with Crippen molar-refractivity contribution >= 4 is 11.9 Å². The molecule has 2 atom stereocenters. The fourth-order valence-corrected chi connectivity index (χ4v) is 10.4. The smallest absolute Gasteiger partial charge is 0.305 e. The molecule has 432 valence electrons. The molecule has 0 spiro atoms. The van der Waals surface area contributed by atoms with Crippen molar-refractivity contribution in [2.24, 2.45) is 0 Å². The SMILES string of the molecule is CCCCCCCC/C=C\CCCCCCCCCC(=O)OCCCCCCCCCCCCCCCCC(=O)NC(CO)C(O)/C=C/CCCCCCCCCCCCCCCCCCCCCCCCC. The third kappa shape index (κ3) is 59.4. The van der Waals surface area contributed by atoms with Crippen molar-refractivity contribution in [1.29, 1.82) is 0 Å². The number of aliphatic hydroxyl groups is 2. The topological polar surface area (TPSA) is 95.9 Å². The predicted octanol–water partition coefficient (Wildman–Crippen LogP) is 21.0. The Labute approximate surface area is 456 Å².